The van der Waals surface area contributed by atoms with E-state index in [4.69, 9.17) is 23.2 Å². The molecule has 0 bridgehead atoms. The molecule has 1 aliphatic heterocycles. The number of carbonyl (C=O) groups is 1. The largest absolute Gasteiger partial charge is 0.480 e. The molecule has 24 heavy (non-hydrogen) atoms. The van der Waals surface area contributed by atoms with E-state index < -0.39 is 12.0 Å². The number of piperidine rings is 1. The number of carboxylic acid groups (broad SMARTS) is 1. The van der Waals surface area contributed by atoms with Crippen molar-refractivity contribution in [3.8, 4) is 0 Å². The van der Waals surface area contributed by atoms with Crippen LogP contribution in [0.5, 0.6) is 0 Å². The molecule has 2 atom stereocenters. The van der Waals surface area contributed by atoms with Crippen molar-refractivity contribution >= 4 is 40.5 Å². The molecule has 1 aliphatic rings. The second kappa shape index (κ2) is 7.44. The summed E-state index contributed by atoms with van der Waals surface area (Å²) in [6, 6.07) is 9.16. The van der Waals surface area contributed by atoms with E-state index >= 15 is 0 Å². The Morgan fingerprint density at radius 1 is 1.25 bits per heavy atom. The van der Waals surface area contributed by atoms with Crippen molar-refractivity contribution in [2.75, 3.05) is 6.54 Å². The van der Waals surface area contributed by atoms with Crippen LogP contribution in [-0.2, 0) is 4.79 Å². The van der Waals surface area contributed by atoms with Gasteiger partial charge in [0.15, 0.2) is 0 Å². The van der Waals surface area contributed by atoms with E-state index in [9.17, 15) is 9.90 Å². The fourth-order valence-electron chi connectivity index (χ4n) is 3.33. The molecule has 6 heteroatoms. The lowest BCUT2D eigenvalue weighted by Crippen LogP contribution is -2.46. The van der Waals surface area contributed by atoms with E-state index in [1.807, 2.05) is 12.1 Å². The number of nitrogens with zero attached hydrogens (tertiary/aromatic N) is 1. The Labute approximate surface area is 155 Å². The third-order valence-electron chi connectivity index (χ3n) is 4.45. The van der Waals surface area contributed by atoms with Crippen LogP contribution in [0.4, 0.5) is 0 Å². The third kappa shape index (κ3) is 3.62. The lowest BCUT2D eigenvalue weighted by molar-refractivity contribution is -0.145. The van der Waals surface area contributed by atoms with Gasteiger partial charge >= 0.3 is 5.97 Å². The molecule has 1 fully saturated rings. The topological polar surface area (TPSA) is 40.5 Å². The molecule has 2 unspecified atom stereocenters. The number of carboxylic acids is 1. The van der Waals surface area contributed by atoms with Crippen LogP contribution in [-0.4, -0.2) is 28.6 Å². The van der Waals surface area contributed by atoms with Gasteiger partial charge in [0.25, 0.3) is 0 Å². The fourth-order valence-corrected chi connectivity index (χ4v) is 4.66. The number of hydrogen-bond donors (Lipinski definition) is 1. The fraction of sp³-hybridized carbons (Fsp3) is 0.389. The van der Waals surface area contributed by atoms with Gasteiger partial charge < -0.3 is 5.11 Å². The summed E-state index contributed by atoms with van der Waals surface area (Å²) in [7, 11) is 0. The van der Waals surface area contributed by atoms with Gasteiger partial charge in [-0.3, -0.25) is 9.69 Å². The van der Waals surface area contributed by atoms with Crippen LogP contribution in [0, 0.1) is 6.92 Å². The van der Waals surface area contributed by atoms with Crippen molar-refractivity contribution in [2.24, 2.45) is 0 Å². The first kappa shape index (κ1) is 17.7. The molecular formula is C18H19Cl2NO2S. The standard InChI is InChI=1S/C18H19Cl2NO2S/c1-11-5-8-16(24-11)17(12-6-7-13(19)14(20)10-12)21-9-3-2-4-15(21)18(22)23/h5-8,10,15,17H,2-4,9H2,1H3,(H,22,23). The van der Waals surface area contributed by atoms with Crippen LogP contribution in [0.3, 0.4) is 0 Å². The smallest absolute Gasteiger partial charge is 0.320 e. The molecule has 1 aromatic heterocycles. The number of likely N-dealkylation sites (tertiary alicyclic amines) is 1. The highest BCUT2D eigenvalue weighted by atomic mass is 35.5. The lowest BCUT2D eigenvalue weighted by Gasteiger charge is -2.39. The van der Waals surface area contributed by atoms with Gasteiger partial charge in [0, 0.05) is 9.75 Å². The maximum Gasteiger partial charge on any atom is 0.320 e. The number of thiophene rings is 1. The molecule has 2 aromatic rings. The second-order valence-electron chi connectivity index (χ2n) is 6.11. The zero-order chi connectivity index (χ0) is 17.3. The van der Waals surface area contributed by atoms with Crippen molar-refractivity contribution in [2.45, 2.75) is 38.3 Å². The predicted octanol–water partition coefficient (Wildman–Crippen LogP) is 5.39. The van der Waals surface area contributed by atoms with E-state index in [0.29, 0.717) is 16.5 Å². The zero-order valence-corrected chi connectivity index (χ0v) is 15.7. The molecule has 0 saturated carbocycles. The Morgan fingerprint density at radius 3 is 2.67 bits per heavy atom. The second-order valence-corrected chi connectivity index (χ2v) is 8.25. The summed E-state index contributed by atoms with van der Waals surface area (Å²) in [5, 5.41) is 10.7. The zero-order valence-electron chi connectivity index (χ0n) is 13.3. The number of benzene rings is 1. The molecule has 0 radical (unpaired) electrons. The van der Waals surface area contributed by atoms with Crippen LogP contribution in [0.2, 0.25) is 10.0 Å². The maximum atomic E-state index is 11.8. The predicted molar refractivity (Wildman–Crippen MR) is 99.3 cm³/mol. The minimum atomic E-state index is -0.756. The number of aryl methyl sites for hydroxylation is 1. The van der Waals surface area contributed by atoms with Gasteiger partial charge in [0.1, 0.15) is 6.04 Å². The van der Waals surface area contributed by atoms with E-state index in [1.165, 1.54) is 4.88 Å². The SMILES string of the molecule is Cc1ccc(C(c2ccc(Cl)c(Cl)c2)N2CCCCC2C(=O)O)s1. The summed E-state index contributed by atoms with van der Waals surface area (Å²) in [4.78, 5) is 16.2. The molecule has 3 nitrogen and oxygen atoms in total. The monoisotopic (exact) mass is 383 g/mol. The Hall–Kier alpha value is -1.07. The van der Waals surface area contributed by atoms with E-state index in [-0.39, 0.29) is 6.04 Å². The first-order valence-electron chi connectivity index (χ1n) is 7.97. The van der Waals surface area contributed by atoms with Gasteiger partial charge in [0.05, 0.1) is 16.1 Å². The lowest BCUT2D eigenvalue weighted by atomic mass is 9.95. The summed E-state index contributed by atoms with van der Waals surface area (Å²) in [5.74, 6) is -0.756. The Morgan fingerprint density at radius 2 is 2.04 bits per heavy atom. The van der Waals surface area contributed by atoms with Crippen molar-refractivity contribution in [3.63, 3.8) is 0 Å². The van der Waals surface area contributed by atoms with Crippen molar-refractivity contribution in [3.05, 3.63) is 55.7 Å². The molecule has 3 rings (SSSR count). The van der Waals surface area contributed by atoms with Gasteiger partial charge in [-0.15, -0.1) is 11.3 Å². The highest BCUT2D eigenvalue weighted by Gasteiger charge is 2.35. The number of aliphatic carboxylic acids is 1. The number of halogens is 2. The molecule has 1 aromatic carbocycles. The molecule has 2 heterocycles. The Balaban J connectivity index is 2.07. The maximum absolute atomic E-state index is 11.8. The minimum Gasteiger partial charge on any atom is -0.480 e. The van der Waals surface area contributed by atoms with Crippen LogP contribution >= 0.6 is 34.5 Å². The Kier molecular flexibility index (Phi) is 5.50. The molecule has 1 N–H and O–H groups in total. The molecule has 0 aliphatic carbocycles. The van der Waals surface area contributed by atoms with Crippen molar-refractivity contribution in [1.82, 2.24) is 4.90 Å². The summed E-state index contributed by atoms with van der Waals surface area (Å²) < 4.78 is 0. The number of hydrogen-bond acceptors (Lipinski definition) is 3. The van der Waals surface area contributed by atoms with Crippen LogP contribution in [0.15, 0.2) is 30.3 Å². The van der Waals surface area contributed by atoms with Gasteiger partial charge in [-0.25, -0.2) is 0 Å². The summed E-state index contributed by atoms with van der Waals surface area (Å²) >= 11 is 14.0. The molecule has 0 spiro atoms. The van der Waals surface area contributed by atoms with Gasteiger partial charge in [-0.1, -0.05) is 35.7 Å². The quantitative estimate of drug-likeness (QED) is 0.768. The normalized spacial score (nSPS) is 20.0. The van der Waals surface area contributed by atoms with E-state index in [1.54, 1.807) is 17.4 Å². The highest BCUT2D eigenvalue weighted by molar-refractivity contribution is 7.12. The van der Waals surface area contributed by atoms with Crippen molar-refractivity contribution in [1.29, 1.82) is 0 Å². The van der Waals surface area contributed by atoms with Crippen LogP contribution in [0.25, 0.3) is 0 Å². The molecule has 128 valence electrons. The first-order chi connectivity index (χ1) is 11.5. The van der Waals surface area contributed by atoms with Crippen LogP contribution in [0.1, 0.15) is 40.6 Å². The average Bonchev–Trinajstić information content (AvgIpc) is 2.97. The summed E-state index contributed by atoms with van der Waals surface area (Å²) in [6.07, 6.45) is 2.63. The first-order valence-corrected chi connectivity index (χ1v) is 9.54. The summed E-state index contributed by atoms with van der Waals surface area (Å²) in [6.45, 7) is 2.82. The van der Waals surface area contributed by atoms with Gasteiger partial charge in [0.2, 0.25) is 0 Å². The van der Waals surface area contributed by atoms with E-state index in [0.717, 1.165) is 29.8 Å². The van der Waals surface area contributed by atoms with Crippen LogP contribution < -0.4 is 0 Å². The number of rotatable bonds is 4. The van der Waals surface area contributed by atoms with Gasteiger partial charge in [-0.2, -0.15) is 0 Å². The minimum absolute atomic E-state index is 0.111. The Bertz CT molecular complexity index is 746. The molecule has 0 amide bonds. The average molecular weight is 384 g/mol. The highest BCUT2D eigenvalue weighted by Crippen LogP contribution is 2.39. The molecule has 1 saturated heterocycles. The van der Waals surface area contributed by atoms with Crippen molar-refractivity contribution < 1.29 is 9.90 Å². The summed E-state index contributed by atoms with van der Waals surface area (Å²) in [5.41, 5.74) is 0.986. The molecular weight excluding hydrogens is 365 g/mol. The van der Waals surface area contributed by atoms with E-state index in [2.05, 4.69) is 24.0 Å². The van der Waals surface area contributed by atoms with Gasteiger partial charge in [-0.05, 0) is 56.1 Å². The third-order valence-corrected chi connectivity index (χ3v) is 6.24.